The molecule has 0 saturated carbocycles. The van der Waals surface area contributed by atoms with Gasteiger partial charge in [-0.25, -0.2) is 4.90 Å². The fourth-order valence-electron chi connectivity index (χ4n) is 4.95. The monoisotopic (exact) mass is 450 g/mol. The Labute approximate surface area is 194 Å². The number of amides is 2. The fraction of sp³-hybridized carbons (Fsp3) is 0.385. The Balaban J connectivity index is 1.86. The lowest BCUT2D eigenvalue weighted by Crippen LogP contribution is -2.42. The Morgan fingerprint density at radius 1 is 0.788 bits per heavy atom. The maximum absolute atomic E-state index is 13.9. The molecule has 0 aromatic heterocycles. The molecule has 2 unspecified atom stereocenters. The first kappa shape index (κ1) is 22.7. The van der Waals surface area contributed by atoms with E-state index in [0.717, 1.165) is 19.5 Å². The molecule has 2 heterocycles. The molecule has 0 aliphatic carbocycles. The largest absolute Gasteiger partial charge is 0.496 e. The van der Waals surface area contributed by atoms with Gasteiger partial charge in [-0.05, 0) is 36.5 Å². The third-order valence-corrected chi connectivity index (χ3v) is 6.25. The van der Waals surface area contributed by atoms with E-state index in [-0.39, 0.29) is 11.8 Å². The molecule has 2 atom stereocenters. The molecule has 2 aromatic rings. The number of anilines is 1. The minimum Gasteiger partial charge on any atom is -0.496 e. The SMILES string of the molecule is COc1ccc(N2C(=O)C(c3ccccc3OC)=C(N3CC(C)CC(C)C3)C2=O)cc1OC. The van der Waals surface area contributed by atoms with Crippen molar-refractivity contribution in [2.75, 3.05) is 39.3 Å². The molecule has 2 aliphatic heterocycles. The molecule has 7 heteroatoms. The highest BCUT2D eigenvalue weighted by Gasteiger charge is 2.44. The van der Waals surface area contributed by atoms with Gasteiger partial charge in [0.05, 0.1) is 32.6 Å². The lowest BCUT2D eigenvalue weighted by Gasteiger charge is -2.37. The van der Waals surface area contributed by atoms with Crippen LogP contribution in [0.1, 0.15) is 25.8 Å². The molecule has 174 valence electrons. The van der Waals surface area contributed by atoms with Crippen LogP contribution in [0.2, 0.25) is 0 Å². The standard InChI is InChI=1S/C26H30N2O5/c1-16-12-17(2)15-27(14-16)24-23(19-8-6-7-9-20(19)31-3)25(29)28(26(24)30)18-10-11-21(32-4)22(13-18)33-5/h6-11,13,16-17H,12,14-15H2,1-5H3. The van der Waals surface area contributed by atoms with Crippen LogP contribution < -0.4 is 19.1 Å². The van der Waals surface area contributed by atoms with Crippen LogP contribution in [0.3, 0.4) is 0 Å². The summed E-state index contributed by atoms with van der Waals surface area (Å²) >= 11 is 0. The molecule has 1 saturated heterocycles. The summed E-state index contributed by atoms with van der Waals surface area (Å²) in [5, 5.41) is 0. The first-order valence-electron chi connectivity index (χ1n) is 11.1. The van der Waals surface area contributed by atoms with E-state index in [0.29, 0.717) is 51.6 Å². The van der Waals surface area contributed by atoms with E-state index in [2.05, 4.69) is 18.7 Å². The van der Waals surface area contributed by atoms with Crippen LogP contribution in [0.4, 0.5) is 5.69 Å². The molecular formula is C26H30N2O5. The van der Waals surface area contributed by atoms with Gasteiger partial charge in [-0.15, -0.1) is 0 Å². The number of imide groups is 1. The second kappa shape index (κ2) is 9.17. The number of ether oxygens (including phenoxy) is 3. The van der Waals surface area contributed by atoms with E-state index < -0.39 is 0 Å². The van der Waals surface area contributed by atoms with E-state index in [1.807, 2.05) is 18.2 Å². The summed E-state index contributed by atoms with van der Waals surface area (Å²) < 4.78 is 16.3. The Hall–Kier alpha value is -3.48. The highest BCUT2D eigenvalue weighted by Crippen LogP contribution is 2.41. The van der Waals surface area contributed by atoms with E-state index in [9.17, 15) is 9.59 Å². The number of piperidine rings is 1. The van der Waals surface area contributed by atoms with Gasteiger partial charge in [0.25, 0.3) is 11.8 Å². The van der Waals surface area contributed by atoms with Gasteiger partial charge >= 0.3 is 0 Å². The molecule has 2 aliphatic rings. The maximum Gasteiger partial charge on any atom is 0.282 e. The number of carbonyl (C=O) groups excluding carboxylic acids is 2. The topological polar surface area (TPSA) is 68.3 Å². The predicted octanol–water partition coefficient (Wildman–Crippen LogP) is 3.97. The lowest BCUT2D eigenvalue weighted by atomic mass is 9.91. The van der Waals surface area contributed by atoms with Crippen molar-refractivity contribution in [1.82, 2.24) is 4.90 Å². The van der Waals surface area contributed by atoms with Crippen molar-refractivity contribution >= 4 is 23.1 Å². The van der Waals surface area contributed by atoms with Gasteiger partial charge in [0.2, 0.25) is 0 Å². The number of hydrogen-bond acceptors (Lipinski definition) is 6. The zero-order chi connectivity index (χ0) is 23.7. The lowest BCUT2D eigenvalue weighted by molar-refractivity contribution is -0.120. The number of hydrogen-bond donors (Lipinski definition) is 0. The van der Waals surface area contributed by atoms with Crippen molar-refractivity contribution in [3.8, 4) is 17.2 Å². The van der Waals surface area contributed by atoms with Crippen LogP contribution in [-0.4, -0.2) is 51.1 Å². The van der Waals surface area contributed by atoms with Crippen molar-refractivity contribution in [3.63, 3.8) is 0 Å². The van der Waals surface area contributed by atoms with E-state index in [1.165, 1.54) is 12.0 Å². The first-order valence-corrected chi connectivity index (χ1v) is 11.1. The molecule has 4 rings (SSSR count). The Morgan fingerprint density at radius 2 is 1.42 bits per heavy atom. The van der Waals surface area contributed by atoms with Crippen LogP contribution in [0.5, 0.6) is 17.2 Å². The average molecular weight is 451 g/mol. The van der Waals surface area contributed by atoms with E-state index in [4.69, 9.17) is 14.2 Å². The summed E-state index contributed by atoms with van der Waals surface area (Å²) in [6.45, 7) is 5.80. The normalized spacial score (nSPS) is 21.0. The van der Waals surface area contributed by atoms with Crippen molar-refractivity contribution in [2.45, 2.75) is 20.3 Å². The summed E-state index contributed by atoms with van der Waals surface area (Å²) in [6, 6.07) is 12.4. The van der Waals surface area contributed by atoms with Crippen LogP contribution in [0.25, 0.3) is 5.57 Å². The summed E-state index contributed by atoms with van der Waals surface area (Å²) in [7, 11) is 4.63. The van der Waals surface area contributed by atoms with Crippen LogP contribution in [-0.2, 0) is 9.59 Å². The third-order valence-electron chi connectivity index (χ3n) is 6.25. The number of likely N-dealkylation sites (tertiary alicyclic amines) is 1. The molecule has 1 fully saturated rings. The van der Waals surface area contributed by atoms with Crippen LogP contribution in [0, 0.1) is 11.8 Å². The van der Waals surface area contributed by atoms with Crippen molar-refractivity contribution in [1.29, 1.82) is 0 Å². The minimum atomic E-state index is -0.377. The summed E-state index contributed by atoms with van der Waals surface area (Å²) in [4.78, 5) is 31.0. The second-order valence-electron chi connectivity index (χ2n) is 8.76. The molecular weight excluding hydrogens is 420 g/mol. The minimum absolute atomic E-state index is 0.338. The zero-order valence-corrected chi connectivity index (χ0v) is 19.8. The maximum atomic E-state index is 13.9. The van der Waals surface area contributed by atoms with Gasteiger partial charge in [0.1, 0.15) is 11.4 Å². The smallest absolute Gasteiger partial charge is 0.282 e. The second-order valence-corrected chi connectivity index (χ2v) is 8.76. The molecule has 2 aromatic carbocycles. The first-order chi connectivity index (χ1) is 15.9. The van der Waals surface area contributed by atoms with Gasteiger partial charge < -0.3 is 19.1 Å². The van der Waals surface area contributed by atoms with Gasteiger partial charge in [-0.1, -0.05) is 32.0 Å². The molecule has 2 amide bonds. The van der Waals surface area contributed by atoms with Gasteiger partial charge in [0, 0.05) is 24.7 Å². The zero-order valence-electron chi connectivity index (χ0n) is 19.8. The number of nitrogens with zero attached hydrogens (tertiary/aromatic N) is 2. The van der Waals surface area contributed by atoms with Gasteiger partial charge in [-0.2, -0.15) is 0 Å². The molecule has 0 radical (unpaired) electrons. The summed E-state index contributed by atoms with van der Waals surface area (Å²) in [6.07, 6.45) is 1.09. The van der Waals surface area contributed by atoms with Crippen molar-refractivity contribution in [2.24, 2.45) is 11.8 Å². The average Bonchev–Trinajstić information content (AvgIpc) is 3.07. The third kappa shape index (κ3) is 4.03. The molecule has 33 heavy (non-hydrogen) atoms. The Bertz CT molecular complexity index is 1100. The van der Waals surface area contributed by atoms with E-state index in [1.54, 1.807) is 38.5 Å². The number of para-hydroxylation sites is 1. The van der Waals surface area contributed by atoms with Crippen molar-refractivity contribution < 1.29 is 23.8 Å². The molecule has 0 spiro atoms. The highest BCUT2D eigenvalue weighted by molar-refractivity contribution is 6.45. The highest BCUT2D eigenvalue weighted by atomic mass is 16.5. The van der Waals surface area contributed by atoms with Crippen LogP contribution in [0.15, 0.2) is 48.2 Å². The van der Waals surface area contributed by atoms with Gasteiger partial charge in [-0.3, -0.25) is 9.59 Å². The number of carbonyl (C=O) groups is 2. The Morgan fingerprint density at radius 3 is 2.06 bits per heavy atom. The summed E-state index contributed by atoms with van der Waals surface area (Å²) in [5.41, 5.74) is 1.84. The predicted molar refractivity (Wildman–Crippen MR) is 126 cm³/mol. The van der Waals surface area contributed by atoms with Crippen molar-refractivity contribution in [3.05, 3.63) is 53.7 Å². The number of benzene rings is 2. The number of methoxy groups -OCH3 is 3. The molecule has 0 N–H and O–H groups in total. The number of rotatable bonds is 6. The Kier molecular flexibility index (Phi) is 6.31. The molecule has 0 bridgehead atoms. The fourth-order valence-corrected chi connectivity index (χ4v) is 4.95. The summed E-state index contributed by atoms with van der Waals surface area (Å²) in [5.74, 6) is 1.64. The van der Waals surface area contributed by atoms with Gasteiger partial charge in [0.15, 0.2) is 11.5 Å². The molecule has 7 nitrogen and oxygen atoms in total. The quantitative estimate of drug-likeness (QED) is 0.621. The van der Waals surface area contributed by atoms with E-state index >= 15 is 0 Å². The van der Waals surface area contributed by atoms with Crippen LogP contribution >= 0.6 is 0 Å².